The molecule has 0 radical (unpaired) electrons. The fourth-order valence-corrected chi connectivity index (χ4v) is 3.76. The third-order valence-electron chi connectivity index (χ3n) is 5.20. The third kappa shape index (κ3) is 2.96. The Bertz CT molecular complexity index is 1020. The van der Waals surface area contributed by atoms with Crippen molar-refractivity contribution in [3.05, 3.63) is 70.4 Å². The van der Waals surface area contributed by atoms with Crippen molar-refractivity contribution >= 4 is 5.91 Å². The summed E-state index contributed by atoms with van der Waals surface area (Å²) < 4.78 is 5.22. The minimum absolute atomic E-state index is 0.108. The summed E-state index contributed by atoms with van der Waals surface area (Å²) in [6.45, 7) is 4.86. The lowest BCUT2D eigenvalue weighted by atomic mass is 9.95. The fourth-order valence-electron chi connectivity index (χ4n) is 3.76. The van der Waals surface area contributed by atoms with Crippen LogP contribution >= 0.6 is 0 Å². The first-order valence-corrected chi connectivity index (χ1v) is 9.26. The van der Waals surface area contributed by atoms with Crippen LogP contribution in [0.5, 0.6) is 5.75 Å². The van der Waals surface area contributed by atoms with Crippen LogP contribution in [-0.4, -0.2) is 46.4 Å². The molecule has 0 spiro atoms. The van der Waals surface area contributed by atoms with Gasteiger partial charge in [-0.15, -0.1) is 0 Å². The first kappa shape index (κ1) is 18.3. The normalized spacial score (nSPS) is 15.9. The van der Waals surface area contributed by atoms with E-state index in [1.807, 2.05) is 50.2 Å². The first-order valence-electron chi connectivity index (χ1n) is 9.26. The number of carbonyl (C=O) groups is 1. The van der Waals surface area contributed by atoms with Gasteiger partial charge in [0.05, 0.1) is 12.6 Å². The molecule has 1 atom stereocenters. The van der Waals surface area contributed by atoms with Crippen molar-refractivity contribution in [1.29, 1.82) is 0 Å². The van der Waals surface area contributed by atoms with Gasteiger partial charge in [0.1, 0.15) is 17.1 Å². The summed E-state index contributed by atoms with van der Waals surface area (Å²) >= 11 is 0. The van der Waals surface area contributed by atoms with E-state index in [0.717, 1.165) is 22.3 Å². The van der Waals surface area contributed by atoms with Crippen LogP contribution in [0.25, 0.3) is 11.3 Å². The molecule has 1 unspecified atom stereocenters. The number of rotatable bonds is 5. The zero-order valence-corrected chi connectivity index (χ0v) is 16.2. The van der Waals surface area contributed by atoms with Gasteiger partial charge in [0.25, 0.3) is 5.91 Å². The smallest absolute Gasteiger partial charge is 0.273 e. The number of nitrogens with one attached hydrogen (secondary N) is 1. The predicted octanol–water partition coefficient (Wildman–Crippen LogP) is 3.59. The number of aryl methyl sites for hydroxylation is 2. The SMILES string of the molecule is COCCN1C(=O)c2[nH]nc(-c3ccc(C)cc3O)c2C1c1ccc(C)cc1. The predicted molar refractivity (Wildman–Crippen MR) is 106 cm³/mol. The molecule has 0 bridgehead atoms. The van der Waals surface area contributed by atoms with E-state index < -0.39 is 0 Å². The Labute approximate surface area is 163 Å². The second-order valence-corrected chi connectivity index (χ2v) is 7.19. The number of aromatic nitrogens is 2. The lowest BCUT2D eigenvalue weighted by molar-refractivity contribution is 0.0677. The van der Waals surface area contributed by atoms with Gasteiger partial charge in [-0.3, -0.25) is 9.89 Å². The summed E-state index contributed by atoms with van der Waals surface area (Å²) in [5.74, 6) is 0.0442. The molecule has 1 aliphatic rings. The standard InChI is InChI=1S/C22H23N3O3/c1-13-4-7-15(8-5-13)21-18-19(16-9-6-14(2)12-17(16)26)23-24-20(18)22(27)25(21)10-11-28-3/h4-9,12,21,26H,10-11H2,1-3H3,(H,23,24). The molecule has 6 nitrogen and oxygen atoms in total. The fraction of sp³-hybridized carbons (Fsp3) is 0.273. The Morgan fingerprint density at radius 2 is 1.86 bits per heavy atom. The van der Waals surface area contributed by atoms with Crippen molar-refractivity contribution in [3.8, 4) is 17.0 Å². The molecule has 0 saturated heterocycles. The number of aromatic amines is 1. The van der Waals surface area contributed by atoms with Crippen LogP contribution in [0, 0.1) is 13.8 Å². The Hall–Kier alpha value is -3.12. The number of benzene rings is 2. The minimum atomic E-state index is -0.285. The van der Waals surface area contributed by atoms with Gasteiger partial charge in [-0.1, -0.05) is 35.9 Å². The van der Waals surface area contributed by atoms with Gasteiger partial charge in [0, 0.05) is 24.8 Å². The number of aromatic hydroxyl groups is 1. The van der Waals surface area contributed by atoms with E-state index in [1.54, 1.807) is 18.1 Å². The lowest BCUT2D eigenvalue weighted by Gasteiger charge is -2.26. The van der Waals surface area contributed by atoms with Crippen LogP contribution in [0.15, 0.2) is 42.5 Å². The van der Waals surface area contributed by atoms with Gasteiger partial charge >= 0.3 is 0 Å². The highest BCUT2D eigenvalue weighted by atomic mass is 16.5. The summed E-state index contributed by atoms with van der Waals surface area (Å²) in [6.07, 6.45) is 0. The van der Waals surface area contributed by atoms with Crippen molar-refractivity contribution in [2.75, 3.05) is 20.3 Å². The number of hydrogen-bond donors (Lipinski definition) is 2. The maximum absolute atomic E-state index is 13.1. The van der Waals surface area contributed by atoms with Gasteiger partial charge < -0.3 is 14.7 Å². The average Bonchev–Trinajstić information content (AvgIpc) is 3.20. The van der Waals surface area contributed by atoms with Crippen molar-refractivity contribution in [2.24, 2.45) is 0 Å². The molecule has 1 aliphatic heterocycles. The summed E-state index contributed by atoms with van der Waals surface area (Å²) in [5.41, 5.74) is 5.60. The van der Waals surface area contributed by atoms with Crippen molar-refractivity contribution in [2.45, 2.75) is 19.9 Å². The third-order valence-corrected chi connectivity index (χ3v) is 5.20. The Balaban J connectivity index is 1.88. The number of ether oxygens (including phenoxy) is 1. The van der Waals surface area contributed by atoms with E-state index in [1.165, 1.54) is 0 Å². The van der Waals surface area contributed by atoms with Crippen molar-refractivity contribution in [1.82, 2.24) is 15.1 Å². The number of methoxy groups -OCH3 is 1. The van der Waals surface area contributed by atoms with E-state index in [0.29, 0.717) is 30.1 Å². The molecule has 0 aliphatic carbocycles. The number of H-pyrrole nitrogens is 1. The summed E-state index contributed by atoms with van der Waals surface area (Å²) in [7, 11) is 1.62. The molecule has 2 aromatic carbocycles. The zero-order valence-electron chi connectivity index (χ0n) is 16.2. The van der Waals surface area contributed by atoms with Crippen molar-refractivity contribution < 1.29 is 14.6 Å². The highest BCUT2D eigenvalue weighted by molar-refractivity contribution is 6.00. The van der Waals surface area contributed by atoms with Crippen LogP contribution in [-0.2, 0) is 4.74 Å². The Kier molecular flexibility index (Phi) is 4.65. The largest absolute Gasteiger partial charge is 0.507 e. The molecular weight excluding hydrogens is 354 g/mol. The second kappa shape index (κ2) is 7.13. The molecule has 0 fully saturated rings. The van der Waals surface area contributed by atoms with Crippen LogP contribution in [0.1, 0.15) is 38.8 Å². The Morgan fingerprint density at radius 1 is 1.14 bits per heavy atom. The highest BCUT2D eigenvalue weighted by Gasteiger charge is 2.42. The minimum Gasteiger partial charge on any atom is -0.507 e. The van der Waals surface area contributed by atoms with Crippen LogP contribution in [0.4, 0.5) is 0 Å². The number of phenols is 1. The molecule has 28 heavy (non-hydrogen) atoms. The van der Waals surface area contributed by atoms with E-state index in [2.05, 4.69) is 10.2 Å². The lowest BCUT2D eigenvalue weighted by Crippen LogP contribution is -2.32. The van der Waals surface area contributed by atoms with Gasteiger partial charge in [-0.25, -0.2) is 0 Å². The van der Waals surface area contributed by atoms with Gasteiger partial charge in [0.2, 0.25) is 0 Å². The molecule has 2 heterocycles. The molecule has 0 saturated carbocycles. The van der Waals surface area contributed by atoms with Crippen LogP contribution in [0.2, 0.25) is 0 Å². The van der Waals surface area contributed by atoms with E-state index in [-0.39, 0.29) is 17.7 Å². The van der Waals surface area contributed by atoms with Crippen LogP contribution < -0.4 is 0 Å². The quantitative estimate of drug-likeness (QED) is 0.712. The summed E-state index contributed by atoms with van der Waals surface area (Å²) in [6, 6.07) is 13.3. The Morgan fingerprint density at radius 3 is 2.54 bits per heavy atom. The molecule has 4 rings (SSSR count). The molecule has 6 heteroatoms. The summed E-state index contributed by atoms with van der Waals surface area (Å²) in [4.78, 5) is 14.9. The van der Waals surface area contributed by atoms with E-state index >= 15 is 0 Å². The first-order chi connectivity index (χ1) is 13.5. The number of hydrogen-bond acceptors (Lipinski definition) is 4. The molecule has 1 amide bonds. The molecule has 2 N–H and O–H groups in total. The van der Waals surface area contributed by atoms with Gasteiger partial charge in [-0.05, 0) is 37.1 Å². The average molecular weight is 377 g/mol. The molecular formula is C22H23N3O3. The molecule has 3 aromatic rings. The number of amides is 1. The number of fused-ring (bicyclic) bond motifs is 1. The maximum atomic E-state index is 13.1. The molecule has 1 aromatic heterocycles. The summed E-state index contributed by atoms with van der Waals surface area (Å²) in [5, 5.41) is 17.8. The van der Waals surface area contributed by atoms with E-state index in [4.69, 9.17) is 4.74 Å². The highest BCUT2D eigenvalue weighted by Crippen LogP contribution is 2.44. The number of phenolic OH excluding ortho intramolecular Hbond substituents is 1. The van der Waals surface area contributed by atoms with Gasteiger partial charge in [0.15, 0.2) is 0 Å². The number of nitrogens with zero attached hydrogens (tertiary/aromatic N) is 2. The maximum Gasteiger partial charge on any atom is 0.273 e. The van der Waals surface area contributed by atoms with Gasteiger partial charge in [-0.2, -0.15) is 5.10 Å². The number of carbonyl (C=O) groups excluding carboxylic acids is 1. The van der Waals surface area contributed by atoms with Crippen molar-refractivity contribution in [3.63, 3.8) is 0 Å². The monoisotopic (exact) mass is 377 g/mol. The zero-order chi connectivity index (χ0) is 19.8. The second-order valence-electron chi connectivity index (χ2n) is 7.19. The van der Waals surface area contributed by atoms with E-state index in [9.17, 15) is 9.90 Å². The topological polar surface area (TPSA) is 78.5 Å². The van der Waals surface area contributed by atoms with Crippen LogP contribution in [0.3, 0.4) is 0 Å². The molecule has 144 valence electrons.